The van der Waals surface area contributed by atoms with Crippen LogP contribution in [-0.2, 0) is 19.8 Å². The summed E-state index contributed by atoms with van der Waals surface area (Å²) < 4.78 is 63.5. The average Bonchev–Trinajstić information content (AvgIpc) is 3.60. The zero-order valence-corrected chi connectivity index (χ0v) is 25.4. The molecule has 0 unspecified atom stereocenters. The number of halogens is 6. The number of nitrogens with one attached hydrogen (secondary N) is 3. The Morgan fingerprint density at radius 1 is 0.878 bits per heavy atom. The molecule has 1 aliphatic carbocycles. The summed E-state index contributed by atoms with van der Waals surface area (Å²) in [6, 6.07) is 23.2. The number of anilines is 2. The molecule has 2 aliphatic heterocycles. The summed E-state index contributed by atoms with van der Waals surface area (Å²) in [4.78, 5) is 33.1. The van der Waals surface area contributed by atoms with Crippen LogP contribution in [0.2, 0.25) is 0 Å². The fourth-order valence-corrected chi connectivity index (χ4v) is 5.85. The van der Waals surface area contributed by atoms with Crippen LogP contribution in [0.25, 0.3) is 23.1 Å². The molecule has 7 rings (SSSR count). The molecule has 1 amide bonds. The lowest BCUT2D eigenvalue weighted by atomic mass is 9.92. The monoisotopic (exact) mass is 689 g/mol. The van der Waals surface area contributed by atoms with Crippen molar-refractivity contribution in [2.24, 2.45) is 0 Å². The van der Waals surface area contributed by atoms with E-state index in [-0.39, 0.29) is 11.8 Å². The fourth-order valence-electron chi connectivity index (χ4n) is 5.85. The molecule has 258 valence electrons. The van der Waals surface area contributed by atoms with Gasteiger partial charge in [-0.2, -0.15) is 31.4 Å². The minimum Gasteiger partial charge on any atom is -0.475 e. The molecule has 3 heterocycles. The molecule has 0 radical (unpaired) electrons. The molecule has 5 N–H and O–H groups in total. The smallest absolute Gasteiger partial charge is 0.475 e. The number of aromatic amines is 1. The molecule has 0 bridgehead atoms. The van der Waals surface area contributed by atoms with E-state index in [1.165, 1.54) is 11.3 Å². The number of carbonyl (C=O) groups excluding carboxylic acids is 1. The van der Waals surface area contributed by atoms with Crippen LogP contribution in [-0.4, -0.2) is 76.8 Å². The first-order valence-electron chi connectivity index (χ1n) is 14.8. The fraction of sp³-hybridized carbons (Fsp3) is 0.273. The van der Waals surface area contributed by atoms with Crippen LogP contribution in [0.1, 0.15) is 34.7 Å². The lowest BCUT2D eigenvalue weighted by Crippen LogP contribution is -2.43. The molecule has 4 aromatic rings. The second kappa shape index (κ2) is 13.6. The van der Waals surface area contributed by atoms with Gasteiger partial charge < -0.3 is 25.7 Å². The molecule has 1 aromatic heterocycles. The van der Waals surface area contributed by atoms with Crippen LogP contribution in [0, 0.1) is 0 Å². The highest BCUT2D eigenvalue weighted by Crippen LogP contribution is 2.65. The zero-order valence-electron chi connectivity index (χ0n) is 25.4. The van der Waals surface area contributed by atoms with Gasteiger partial charge in [0.1, 0.15) is 0 Å². The minimum absolute atomic E-state index is 0.125. The van der Waals surface area contributed by atoms with E-state index >= 15 is 0 Å². The molecule has 3 aliphatic rings. The Morgan fingerprint density at radius 3 is 2.10 bits per heavy atom. The number of carboxylic acids is 2. The third-order valence-electron chi connectivity index (χ3n) is 8.33. The number of para-hydroxylation sites is 1. The third-order valence-corrected chi connectivity index (χ3v) is 8.33. The van der Waals surface area contributed by atoms with Gasteiger partial charge in [-0.25, -0.2) is 9.59 Å². The van der Waals surface area contributed by atoms with Gasteiger partial charge in [-0.15, -0.1) is 0 Å². The van der Waals surface area contributed by atoms with Crippen molar-refractivity contribution >= 4 is 52.3 Å². The Hall–Kier alpha value is -5.38. The number of amides is 1. The number of nitrogens with zero attached hydrogens (tertiary/aromatic N) is 2. The predicted octanol–water partition coefficient (Wildman–Crippen LogP) is 5.79. The molecule has 16 heteroatoms. The van der Waals surface area contributed by atoms with Crippen molar-refractivity contribution in [3.05, 3.63) is 89.1 Å². The Kier molecular flexibility index (Phi) is 9.71. The summed E-state index contributed by atoms with van der Waals surface area (Å²) in [7, 11) is 0. The number of benzene rings is 3. The summed E-state index contributed by atoms with van der Waals surface area (Å²) in [5.74, 6) is -5.19. The van der Waals surface area contributed by atoms with E-state index in [0.717, 1.165) is 66.0 Å². The number of fused-ring (bicyclic) bond motifs is 3. The van der Waals surface area contributed by atoms with Crippen molar-refractivity contribution in [3.63, 3.8) is 0 Å². The summed E-state index contributed by atoms with van der Waals surface area (Å²) in [5, 5.41) is 29.6. The van der Waals surface area contributed by atoms with Gasteiger partial charge in [-0.3, -0.25) is 9.89 Å². The molecule has 2 fully saturated rings. The van der Waals surface area contributed by atoms with Crippen molar-refractivity contribution in [2.45, 2.75) is 30.1 Å². The maximum atomic E-state index is 12.9. The Balaban J connectivity index is 0.000000284. The average molecular weight is 690 g/mol. The number of carboxylic acid groups (broad SMARTS) is 2. The molecular weight excluding hydrogens is 660 g/mol. The number of H-pyrrole nitrogens is 1. The largest absolute Gasteiger partial charge is 0.490 e. The number of alkyl halides is 6. The van der Waals surface area contributed by atoms with Crippen molar-refractivity contribution in [1.82, 2.24) is 15.5 Å². The van der Waals surface area contributed by atoms with Crippen molar-refractivity contribution in [2.75, 3.05) is 36.4 Å². The van der Waals surface area contributed by atoms with E-state index in [4.69, 9.17) is 19.8 Å². The zero-order chi connectivity index (χ0) is 35.6. The van der Waals surface area contributed by atoms with Crippen LogP contribution in [0.15, 0.2) is 66.7 Å². The summed E-state index contributed by atoms with van der Waals surface area (Å²) in [6.45, 7) is 4.18. The predicted molar refractivity (Wildman–Crippen MR) is 168 cm³/mol. The summed E-state index contributed by atoms with van der Waals surface area (Å²) >= 11 is 0. The molecule has 1 saturated carbocycles. The number of hydrogen-bond acceptors (Lipinski definition) is 6. The maximum Gasteiger partial charge on any atom is 0.490 e. The van der Waals surface area contributed by atoms with Gasteiger partial charge in [0, 0.05) is 48.9 Å². The number of piperazine rings is 1. The lowest BCUT2D eigenvalue weighted by molar-refractivity contribution is -0.193. The Morgan fingerprint density at radius 2 is 1.49 bits per heavy atom. The van der Waals surface area contributed by atoms with Gasteiger partial charge >= 0.3 is 24.3 Å². The molecule has 2 atom stereocenters. The van der Waals surface area contributed by atoms with Crippen molar-refractivity contribution < 1.29 is 50.9 Å². The number of carbonyl (C=O) groups is 3. The number of aromatic nitrogens is 2. The molecule has 10 nitrogen and oxygen atoms in total. The maximum absolute atomic E-state index is 12.9. The number of aliphatic carboxylic acids is 2. The van der Waals surface area contributed by atoms with Gasteiger partial charge in [0.05, 0.1) is 16.6 Å². The number of hydrogen-bond donors (Lipinski definition) is 5. The first-order valence-corrected chi connectivity index (χ1v) is 14.8. The molecule has 3 aromatic carbocycles. The second-order valence-electron chi connectivity index (χ2n) is 11.4. The first-order chi connectivity index (χ1) is 23.1. The normalized spacial score (nSPS) is 19.8. The Bertz CT molecular complexity index is 1860. The van der Waals surface area contributed by atoms with Crippen LogP contribution in [0.5, 0.6) is 0 Å². The van der Waals surface area contributed by atoms with Gasteiger partial charge in [0.2, 0.25) is 5.91 Å². The highest BCUT2D eigenvalue weighted by atomic mass is 19.4. The topological polar surface area (TPSA) is 148 Å². The minimum atomic E-state index is -5.08. The third kappa shape index (κ3) is 7.69. The molecule has 1 saturated heterocycles. The summed E-state index contributed by atoms with van der Waals surface area (Å²) in [5.41, 5.74) is 7.22. The standard InChI is InChI=1S/C29H27N5O.2C2HF3O2/c35-28-29(23-3-1-2-4-26(23)31-28)18-24(29)20-8-11-22-25(32-33-27(22)17-20)12-7-19-5-9-21(10-6-19)34-15-13-30-14-16-34;2*3-2(4,5)1(6)7/h1-12,17,24,30H,13-16,18H2,(H,31,35)(H,32,33);2*(H,6,7)/b12-7+;;/t24-,29-;;/m0../s1. The van der Waals surface area contributed by atoms with E-state index in [2.05, 4.69) is 86.4 Å². The van der Waals surface area contributed by atoms with Crippen LogP contribution in [0.4, 0.5) is 37.7 Å². The first kappa shape index (κ1) is 34.9. The van der Waals surface area contributed by atoms with Crippen LogP contribution < -0.4 is 15.5 Å². The quantitative estimate of drug-likeness (QED) is 0.169. The van der Waals surface area contributed by atoms with Crippen LogP contribution in [0.3, 0.4) is 0 Å². The van der Waals surface area contributed by atoms with Crippen LogP contribution >= 0.6 is 0 Å². The van der Waals surface area contributed by atoms with Crippen molar-refractivity contribution in [3.8, 4) is 0 Å². The van der Waals surface area contributed by atoms with Crippen molar-refractivity contribution in [1.29, 1.82) is 0 Å². The van der Waals surface area contributed by atoms with E-state index in [1.54, 1.807) is 0 Å². The van der Waals surface area contributed by atoms with Gasteiger partial charge in [-0.1, -0.05) is 48.5 Å². The Labute approximate surface area is 274 Å². The highest BCUT2D eigenvalue weighted by Gasteiger charge is 2.65. The summed E-state index contributed by atoms with van der Waals surface area (Å²) in [6.07, 6.45) is -5.13. The number of rotatable bonds is 4. The van der Waals surface area contributed by atoms with E-state index < -0.39 is 29.7 Å². The SMILES string of the molecule is O=C(O)C(F)(F)F.O=C(O)C(F)(F)F.O=C1Nc2ccccc2[C@]12C[C@H]2c1ccc2c(/C=C/c3ccc(N4CCNCC4)cc3)n[nH]c2c1. The van der Waals surface area contributed by atoms with E-state index in [9.17, 15) is 31.1 Å². The lowest BCUT2D eigenvalue weighted by Gasteiger charge is -2.29. The molecule has 1 spiro atoms. The van der Waals surface area contributed by atoms with Gasteiger partial charge in [0.25, 0.3) is 0 Å². The second-order valence-corrected chi connectivity index (χ2v) is 11.4. The molecular formula is C33H29F6N5O5. The highest BCUT2D eigenvalue weighted by molar-refractivity contribution is 6.10. The molecule has 49 heavy (non-hydrogen) atoms. The van der Waals surface area contributed by atoms with E-state index in [1.807, 2.05) is 18.2 Å². The van der Waals surface area contributed by atoms with Gasteiger partial charge in [0.15, 0.2) is 0 Å². The van der Waals surface area contributed by atoms with Gasteiger partial charge in [-0.05, 0) is 53.5 Å². The van der Waals surface area contributed by atoms with E-state index in [0.29, 0.717) is 0 Å².